The molecule has 2 bridgehead atoms. The van der Waals surface area contributed by atoms with Crippen LogP contribution in [0.3, 0.4) is 0 Å². The molecule has 3 rings (SSSR count). The van der Waals surface area contributed by atoms with Gasteiger partial charge in [0.25, 0.3) is 0 Å². The summed E-state index contributed by atoms with van der Waals surface area (Å²) in [5, 5.41) is 0. The van der Waals surface area contributed by atoms with Crippen LogP contribution in [-0.2, 0) is 0 Å². The first kappa shape index (κ1) is 10.4. The third-order valence-corrected chi connectivity index (χ3v) is 6.35. The predicted octanol–water partition coefficient (Wildman–Crippen LogP) is 4.21. The highest BCUT2D eigenvalue weighted by molar-refractivity contribution is 8.02. The van der Waals surface area contributed by atoms with Gasteiger partial charge >= 0.3 is 0 Å². The molecular weight excluding hydrogens is 194 g/mol. The minimum Gasteiger partial charge on any atom is -0.114 e. The van der Waals surface area contributed by atoms with Crippen molar-refractivity contribution in [1.29, 1.82) is 0 Å². The van der Waals surface area contributed by atoms with Gasteiger partial charge in [-0.1, -0.05) is 13.3 Å². The molecule has 2 unspecified atom stereocenters. The Labute approximate surface area is 86.5 Å². The molecule has 3 aliphatic rings. The van der Waals surface area contributed by atoms with Crippen molar-refractivity contribution < 1.29 is 0 Å². The maximum atomic E-state index is 2.94. The van der Waals surface area contributed by atoms with Gasteiger partial charge in [0.2, 0.25) is 0 Å². The van der Waals surface area contributed by atoms with Crippen LogP contribution in [0, 0.1) is 10.8 Å². The third-order valence-electron chi connectivity index (χ3n) is 4.78. The fourth-order valence-electron chi connectivity index (χ4n) is 3.35. The SMILES string of the molecule is CCC12CCC(CPP)(CC1)CC2. The minimum absolute atomic E-state index is 0.797. The molecule has 0 heterocycles. The van der Waals surface area contributed by atoms with Gasteiger partial charge in [-0.2, -0.15) is 0 Å². The third kappa shape index (κ3) is 1.82. The van der Waals surface area contributed by atoms with E-state index in [1.165, 1.54) is 12.6 Å². The van der Waals surface area contributed by atoms with Gasteiger partial charge in [-0.25, -0.2) is 0 Å². The summed E-state index contributed by atoms with van der Waals surface area (Å²) in [6.07, 6.45) is 12.2. The van der Waals surface area contributed by atoms with E-state index in [1.807, 2.05) is 0 Å². The zero-order valence-electron chi connectivity index (χ0n) is 8.73. The summed E-state index contributed by atoms with van der Waals surface area (Å²) < 4.78 is 0. The topological polar surface area (TPSA) is 0 Å². The summed E-state index contributed by atoms with van der Waals surface area (Å²) >= 11 is 0. The van der Waals surface area contributed by atoms with Crippen molar-refractivity contribution in [3.8, 4) is 0 Å². The Morgan fingerprint density at radius 1 is 1.00 bits per heavy atom. The fourth-order valence-corrected chi connectivity index (χ4v) is 5.62. The molecule has 0 aromatic carbocycles. The lowest BCUT2D eigenvalue weighted by Gasteiger charge is -2.53. The van der Waals surface area contributed by atoms with Crippen molar-refractivity contribution in [2.45, 2.75) is 51.9 Å². The van der Waals surface area contributed by atoms with Gasteiger partial charge in [-0.15, -0.1) is 17.2 Å². The highest BCUT2D eigenvalue weighted by atomic mass is 32.0. The summed E-state index contributed by atoms with van der Waals surface area (Å²) in [4.78, 5) is 0. The number of fused-ring (bicyclic) bond motifs is 3. The Bertz CT molecular complexity index is 164. The summed E-state index contributed by atoms with van der Waals surface area (Å²) in [6.45, 7) is 2.40. The molecule has 0 aromatic rings. The number of hydrogen-bond acceptors (Lipinski definition) is 0. The van der Waals surface area contributed by atoms with Crippen LogP contribution < -0.4 is 0 Å². The van der Waals surface area contributed by atoms with E-state index in [9.17, 15) is 0 Å². The van der Waals surface area contributed by atoms with Crippen molar-refractivity contribution in [3.05, 3.63) is 0 Å². The van der Waals surface area contributed by atoms with Gasteiger partial charge in [-0.05, 0) is 55.5 Å². The standard InChI is InChI=1S/C11H22P2/c1-2-10-3-6-11(7-4-10,8-5-10)9-13-12/h13H,2-9,12H2,1H3. The molecule has 76 valence electrons. The summed E-state index contributed by atoms with van der Waals surface area (Å²) in [6, 6.07) is 0. The van der Waals surface area contributed by atoms with Crippen LogP contribution in [0.2, 0.25) is 0 Å². The normalized spacial score (nSPS) is 44.8. The van der Waals surface area contributed by atoms with Gasteiger partial charge < -0.3 is 0 Å². The van der Waals surface area contributed by atoms with Crippen molar-refractivity contribution in [3.63, 3.8) is 0 Å². The molecule has 0 aliphatic heterocycles. The second kappa shape index (κ2) is 3.79. The van der Waals surface area contributed by atoms with E-state index < -0.39 is 0 Å². The minimum atomic E-state index is 0.797. The molecule has 3 fully saturated rings. The highest BCUT2D eigenvalue weighted by Gasteiger charge is 2.46. The van der Waals surface area contributed by atoms with E-state index >= 15 is 0 Å². The Kier molecular flexibility index (Phi) is 3.02. The maximum Gasteiger partial charge on any atom is -0.0257 e. The van der Waals surface area contributed by atoms with Gasteiger partial charge in [0, 0.05) is 0 Å². The molecular formula is C11H22P2. The quantitative estimate of drug-likeness (QED) is 0.620. The lowest BCUT2D eigenvalue weighted by molar-refractivity contribution is 0.00367. The maximum absolute atomic E-state index is 2.94. The molecule has 2 atom stereocenters. The van der Waals surface area contributed by atoms with Crippen LogP contribution in [0.15, 0.2) is 0 Å². The summed E-state index contributed by atoms with van der Waals surface area (Å²) in [5.41, 5.74) is 1.60. The van der Waals surface area contributed by atoms with Gasteiger partial charge in [0.1, 0.15) is 0 Å². The summed E-state index contributed by atoms with van der Waals surface area (Å²) in [5.74, 6) is 0. The zero-order valence-corrected chi connectivity index (χ0v) is 10.9. The smallest absolute Gasteiger partial charge is 0.0257 e. The van der Waals surface area contributed by atoms with Crippen molar-refractivity contribution in [2.24, 2.45) is 10.8 Å². The van der Waals surface area contributed by atoms with Crippen LogP contribution in [0.5, 0.6) is 0 Å². The number of rotatable bonds is 3. The number of hydrogen-bond donors (Lipinski definition) is 0. The second-order valence-corrected chi connectivity index (χ2v) is 7.22. The molecule has 0 nitrogen and oxygen atoms in total. The lowest BCUT2D eigenvalue weighted by Crippen LogP contribution is -2.42. The Morgan fingerprint density at radius 3 is 1.85 bits per heavy atom. The predicted molar refractivity (Wildman–Crippen MR) is 65.8 cm³/mol. The Balaban J connectivity index is 2.03. The second-order valence-electron chi connectivity index (χ2n) is 5.23. The summed E-state index contributed by atoms with van der Waals surface area (Å²) in [7, 11) is 4.04. The monoisotopic (exact) mass is 216 g/mol. The van der Waals surface area contributed by atoms with Crippen molar-refractivity contribution in [2.75, 3.05) is 6.16 Å². The molecule has 3 aliphatic carbocycles. The molecule has 0 N–H and O–H groups in total. The van der Waals surface area contributed by atoms with E-state index in [2.05, 4.69) is 15.9 Å². The first-order valence-corrected chi connectivity index (χ1v) is 8.69. The van der Waals surface area contributed by atoms with Crippen molar-refractivity contribution in [1.82, 2.24) is 0 Å². The van der Waals surface area contributed by atoms with Crippen LogP contribution in [0.1, 0.15) is 51.9 Å². The van der Waals surface area contributed by atoms with E-state index in [4.69, 9.17) is 0 Å². The fraction of sp³-hybridized carbons (Fsp3) is 1.00. The van der Waals surface area contributed by atoms with E-state index in [1.54, 1.807) is 38.5 Å². The first-order chi connectivity index (χ1) is 6.24. The van der Waals surface area contributed by atoms with Crippen LogP contribution in [-0.4, -0.2) is 6.16 Å². The van der Waals surface area contributed by atoms with E-state index in [0.717, 1.165) is 19.1 Å². The first-order valence-electron chi connectivity index (χ1n) is 5.68. The zero-order chi connectivity index (χ0) is 9.36. The average molecular weight is 216 g/mol. The van der Waals surface area contributed by atoms with Gasteiger partial charge in [0.15, 0.2) is 0 Å². The molecule has 0 saturated heterocycles. The van der Waals surface area contributed by atoms with Gasteiger partial charge in [-0.3, -0.25) is 0 Å². The molecule has 13 heavy (non-hydrogen) atoms. The Hall–Kier alpha value is 0.860. The largest absolute Gasteiger partial charge is 0.114 e. The molecule has 0 spiro atoms. The van der Waals surface area contributed by atoms with E-state index in [0.29, 0.717) is 0 Å². The molecule has 0 radical (unpaired) electrons. The molecule has 3 saturated carbocycles. The van der Waals surface area contributed by atoms with Gasteiger partial charge in [0.05, 0.1) is 0 Å². The molecule has 0 aromatic heterocycles. The van der Waals surface area contributed by atoms with Crippen LogP contribution >= 0.6 is 17.2 Å². The van der Waals surface area contributed by atoms with Crippen LogP contribution in [0.4, 0.5) is 0 Å². The highest BCUT2D eigenvalue weighted by Crippen LogP contribution is 2.59. The Morgan fingerprint density at radius 2 is 1.46 bits per heavy atom. The van der Waals surface area contributed by atoms with E-state index in [-0.39, 0.29) is 0 Å². The molecule has 2 heteroatoms. The van der Waals surface area contributed by atoms with Crippen LogP contribution in [0.25, 0.3) is 0 Å². The molecule has 0 amide bonds. The van der Waals surface area contributed by atoms with Crippen molar-refractivity contribution >= 4 is 17.2 Å². The average Bonchev–Trinajstić information content (AvgIpc) is 2.21. The lowest BCUT2D eigenvalue weighted by atomic mass is 9.53.